The van der Waals surface area contributed by atoms with Crippen LogP contribution in [0.2, 0.25) is 0 Å². The minimum Gasteiger partial charge on any atom is -0.481 e. The molecule has 0 radical (unpaired) electrons. The average molecular weight is 1270 g/mol. The summed E-state index contributed by atoms with van der Waals surface area (Å²) in [6.07, 6.45) is -5.75. The second-order valence-electron chi connectivity index (χ2n) is 23.4. The van der Waals surface area contributed by atoms with E-state index >= 15 is 0 Å². The predicted molar refractivity (Wildman–Crippen MR) is 322 cm³/mol. The van der Waals surface area contributed by atoms with Crippen molar-refractivity contribution in [2.24, 2.45) is 35.1 Å². The lowest BCUT2D eigenvalue weighted by molar-refractivity contribution is -0.142. The molecular formula is C60H89N11O19. The Kier molecular flexibility index (Phi) is 32.8. The zero-order valence-electron chi connectivity index (χ0n) is 51.8. The van der Waals surface area contributed by atoms with Crippen molar-refractivity contribution in [2.45, 2.75) is 193 Å². The quantitative estimate of drug-likeness (QED) is 0.0360. The highest BCUT2D eigenvalue weighted by atomic mass is 16.4. The first-order chi connectivity index (χ1) is 42.1. The van der Waals surface area contributed by atoms with Crippen LogP contribution in [0.25, 0.3) is 0 Å². The molecule has 90 heavy (non-hydrogen) atoms. The molecule has 498 valence electrons. The number of amides is 10. The van der Waals surface area contributed by atoms with E-state index in [1.54, 1.807) is 102 Å². The third kappa shape index (κ3) is 28.8. The predicted octanol–water partition coefficient (Wildman–Crippen LogP) is -1.52. The van der Waals surface area contributed by atoms with Gasteiger partial charge < -0.3 is 84.9 Å². The largest absolute Gasteiger partial charge is 0.481 e. The highest BCUT2D eigenvalue weighted by molar-refractivity contribution is 5.98. The number of carboxylic acid groups (broad SMARTS) is 4. The Labute approximate surface area is 521 Å². The van der Waals surface area contributed by atoms with Crippen molar-refractivity contribution >= 4 is 82.9 Å². The fourth-order valence-corrected chi connectivity index (χ4v) is 9.15. The third-order valence-corrected chi connectivity index (χ3v) is 14.1. The van der Waals surface area contributed by atoms with Gasteiger partial charge in [0.15, 0.2) is 0 Å². The Morgan fingerprint density at radius 1 is 0.411 bits per heavy atom. The van der Waals surface area contributed by atoms with Gasteiger partial charge in [-0.2, -0.15) is 0 Å². The molecule has 2 aromatic rings. The molecule has 0 aliphatic heterocycles. The van der Waals surface area contributed by atoms with Crippen molar-refractivity contribution < 1.29 is 92.7 Å². The summed E-state index contributed by atoms with van der Waals surface area (Å²) < 4.78 is 0. The van der Waals surface area contributed by atoms with Crippen LogP contribution in [0.15, 0.2) is 60.7 Å². The Hall–Kier alpha value is -9.06. The van der Waals surface area contributed by atoms with Gasteiger partial charge in [-0.3, -0.25) is 67.1 Å². The highest BCUT2D eigenvalue weighted by Gasteiger charge is 2.37. The maximum atomic E-state index is 14.6. The molecule has 10 amide bonds. The molecule has 0 heterocycles. The molecule has 0 bridgehead atoms. The minimum atomic E-state index is -1.74. The van der Waals surface area contributed by atoms with E-state index < -0.39 is 193 Å². The Morgan fingerprint density at radius 3 is 1.30 bits per heavy atom. The van der Waals surface area contributed by atoms with Crippen LogP contribution < -0.4 is 59.3 Å². The van der Waals surface area contributed by atoms with Gasteiger partial charge in [0.05, 0.1) is 31.0 Å². The number of rotatable bonds is 41. The third-order valence-electron chi connectivity index (χ3n) is 14.1. The number of carbonyl (C=O) groups is 14. The maximum Gasteiger partial charge on any atom is 0.305 e. The number of nitrogens with two attached hydrogens (primary N) is 2. The first kappa shape index (κ1) is 77.0. The van der Waals surface area contributed by atoms with Gasteiger partial charge in [-0.15, -0.1) is 0 Å². The molecule has 12 atom stereocenters. The summed E-state index contributed by atoms with van der Waals surface area (Å²) in [5.74, 6) is -17.3. The van der Waals surface area contributed by atoms with Crippen molar-refractivity contribution in [1.82, 2.24) is 47.9 Å². The molecule has 0 saturated heterocycles. The number of aliphatic carboxylic acids is 4. The lowest BCUT2D eigenvalue weighted by atomic mass is 9.91. The van der Waals surface area contributed by atoms with Crippen LogP contribution in [0.5, 0.6) is 0 Å². The number of carbonyl (C=O) groups excluding carboxylic acids is 10. The number of aliphatic hydroxyl groups is 1. The van der Waals surface area contributed by atoms with Crippen LogP contribution in [0, 0.1) is 23.7 Å². The fraction of sp³-hybridized carbons (Fsp3) is 0.567. The Bertz CT molecular complexity index is 2810. The van der Waals surface area contributed by atoms with Crippen LogP contribution in [0.3, 0.4) is 0 Å². The molecule has 2 aromatic carbocycles. The molecule has 30 nitrogen and oxygen atoms in total. The maximum absolute atomic E-state index is 14.6. The molecular weight excluding hydrogens is 1180 g/mol. The van der Waals surface area contributed by atoms with Gasteiger partial charge in [-0.05, 0) is 67.9 Å². The summed E-state index contributed by atoms with van der Waals surface area (Å²) in [6.45, 7) is 12.9. The van der Waals surface area contributed by atoms with Crippen molar-refractivity contribution in [3.05, 3.63) is 71.8 Å². The first-order valence-electron chi connectivity index (χ1n) is 29.5. The standard InChI is InChI=1S/C60H89N11O19/c1-30(2)23-39(65-59(89)44(29-49(79)80)69-57(87)41(24-31(3)4)67-54(84)37(61)19-21-46(73)74)45(72)25-33(7)52(82)71-50(32(5)6)60(90)70-43(27-36-17-13-10-14-18-36)58(88)68-42(26-35-15-11-9-12-16-35)56(86)63-34(8)53(83)64-38(20-22-47(75)76)55(85)66-40(51(62)81)28-48(77)78/h9-18,30-34,37-45,50,72H,19-29,61H2,1-8H3,(H2,62,81)(H,63,86)(H,64,83)(H,65,89)(H,66,85)(H,67,84)(H,68,88)(H,69,87)(H,70,90)(H,71,82)(H,73,74)(H,75,76)(H,77,78)(H,79,80)/t33-,34+,37+,38+,39+,40+,41+,42+,43+,44+,45+,50?/m1/s1. The van der Waals surface area contributed by atoms with Crippen molar-refractivity contribution in [3.8, 4) is 0 Å². The molecule has 30 heteroatoms. The van der Waals surface area contributed by atoms with Gasteiger partial charge in [-0.1, -0.05) is 109 Å². The van der Waals surface area contributed by atoms with Crippen LogP contribution in [-0.4, -0.2) is 175 Å². The van der Waals surface area contributed by atoms with E-state index in [0.717, 1.165) is 0 Å². The first-order valence-corrected chi connectivity index (χ1v) is 29.5. The minimum absolute atomic E-state index is 0.0183. The van der Waals surface area contributed by atoms with Crippen LogP contribution >= 0.6 is 0 Å². The average Bonchev–Trinajstić information content (AvgIpc) is 1.90. The van der Waals surface area contributed by atoms with Gasteiger partial charge in [0.2, 0.25) is 59.1 Å². The summed E-state index contributed by atoms with van der Waals surface area (Å²) in [7, 11) is 0. The smallest absolute Gasteiger partial charge is 0.305 e. The van der Waals surface area contributed by atoms with E-state index in [9.17, 15) is 87.5 Å². The Balaban J connectivity index is 2.40. The topological polar surface area (TPSA) is 500 Å². The molecule has 0 aliphatic carbocycles. The van der Waals surface area contributed by atoms with Gasteiger partial charge in [0.1, 0.15) is 48.3 Å². The highest BCUT2D eigenvalue weighted by Crippen LogP contribution is 2.18. The van der Waals surface area contributed by atoms with E-state index in [4.69, 9.17) is 16.6 Å². The second-order valence-corrected chi connectivity index (χ2v) is 23.4. The van der Waals surface area contributed by atoms with Crippen LogP contribution in [-0.2, 0) is 80.0 Å². The molecule has 0 fully saturated rings. The summed E-state index contributed by atoms with van der Waals surface area (Å²) in [5, 5.41) is 71.3. The van der Waals surface area contributed by atoms with Gasteiger partial charge in [0.25, 0.3) is 0 Å². The van der Waals surface area contributed by atoms with E-state index in [2.05, 4.69) is 47.9 Å². The molecule has 18 N–H and O–H groups in total. The zero-order valence-corrected chi connectivity index (χ0v) is 51.8. The number of hydrogen-bond acceptors (Lipinski definition) is 16. The second kappa shape index (κ2) is 38.4. The van der Waals surface area contributed by atoms with Crippen LogP contribution in [0.4, 0.5) is 0 Å². The molecule has 1 unspecified atom stereocenters. The van der Waals surface area contributed by atoms with Crippen molar-refractivity contribution in [3.63, 3.8) is 0 Å². The summed E-state index contributed by atoms with van der Waals surface area (Å²) >= 11 is 0. The lowest BCUT2D eigenvalue weighted by Gasteiger charge is -2.31. The van der Waals surface area contributed by atoms with E-state index in [1.165, 1.54) is 13.8 Å². The van der Waals surface area contributed by atoms with E-state index in [-0.39, 0.29) is 50.4 Å². The number of primary amides is 1. The lowest BCUT2D eigenvalue weighted by Crippen LogP contribution is -2.60. The number of hydrogen-bond donors (Lipinski definition) is 16. The summed E-state index contributed by atoms with van der Waals surface area (Å²) in [4.78, 5) is 182. The van der Waals surface area contributed by atoms with Crippen LogP contribution in [0.1, 0.15) is 124 Å². The number of carboxylic acids is 4. The van der Waals surface area contributed by atoms with Crippen molar-refractivity contribution in [2.75, 3.05) is 0 Å². The molecule has 0 aromatic heterocycles. The molecule has 2 rings (SSSR count). The molecule has 0 spiro atoms. The molecule has 0 saturated carbocycles. The zero-order chi connectivity index (χ0) is 68.1. The number of benzene rings is 2. The molecule has 0 aliphatic rings. The van der Waals surface area contributed by atoms with E-state index in [0.29, 0.717) is 11.1 Å². The van der Waals surface area contributed by atoms with Gasteiger partial charge >= 0.3 is 23.9 Å². The van der Waals surface area contributed by atoms with Gasteiger partial charge in [-0.25, -0.2) is 0 Å². The fourth-order valence-electron chi connectivity index (χ4n) is 9.15. The van der Waals surface area contributed by atoms with Crippen molar-refractivity contribution in [1.29, 1.82) is 0 Å². The monoisotopic (exact) mass is 1270 g/mol. The summed E-state index contributed by atoms with van der Waals surface area (Å²) in [5.41, 5.74) is 12.2. The van der Waals surface area contributed by atoms with E-state index in [1.807, 2.05) is 0 Å². The van der Waals surface area contributed by atoms with Gasteiger partial charge in [0, 0.05) is 31.6 Å². The number of aliphatic hydroxyl groups excluding tert-OH is 1. The Morgan fingerprint density at radius 2 is 0.822 bits per heavy atom. The SMILES string of the molecule is CC(C)C[C@H](NC(=O)[C@@H](N)CCC(=O)O)C(=O)N[C@@H](CC(=O)O)C(=O)N[C@@H](CC(C)C)[C@@H](O)C[C@@H](C)C(=O)NC(C(=O)N[C@@H](Cc1ccccc1)C(=O)N[C@@H](Cc1ccccc1)C(=O)N[C@@H](C)C(=O)N[C@@H](CCC(=O)O)C(=O)N[C@@H](CC(=O)O)C(N)=O)C(C)C. The number of nitrogens with one attached hydrogen (secondary N) is 9. The normalized spacial score (nSPS) is 15.2. The summed E-state index contributed by atoms with van der Waals surface area (Å²) in [6, 6.07) is 2.18.